The van der Waals surface area contributed by atoms with Gasteiger partial charge in [0.2, 0.25) is 0 Å². The zero-order chi connectivity index (χ0) is 17.9. The number of methoxy groups -OCH3 is 1. The van der Waals surface area contributed by atoms with E-state index in [2.05, 4.69) is 43.6 Å². The minimum Gasteiger partial charge on any atom is -0.469 e. The van der Waals surface area contributed by atoms with Gasteiger partial charge in [0.25, 0.3) is 0 Å². The van der Waals surface area contributed by atoms with Crippen molar-refractivity contribution in [2.75, 3.05) is 32.6 Å². The van der Waals surface area contributed by atoms with Gasteiger partial charge in [-0.15, -0.1) is 0 Å². The first-order valence-corrected chi connectivity index (χ1v) is 10.3. The van der Waals surface area contributed by atoms with Crippen molar-refractivity contribution < 1.29 is 14.0 Å². The molecule has 138 valence electrons. The molecule has 0 aromatic heterocycles. The molecule has 2 saturated carbocycles. The van der Waals surface area contributed by atoms with Crippen LogP contribution in [0.5, 0.6) is 0 Å². The van der Waals surface area contributed by atoms with E-state index in [1.807, 2.05) is 0 Å². The average Bonchev–Trinajstić information content (AvgIpc) is 3.27. The van der Waals surface area contributed by atoms with Gasteiger partial charge < -0.3 is 14.5 Å². The van der Waals surface area contributed by atoms with Crippen LogP contribution in [0, 0.1) is 17.3 Å². The molecule has 3 spiro atoms. The van der Waals surface area contributed by atoms with Gasteiger partial charge in [-0.05, 0) is 36.8 Å². The molecular weight excluding hydrogens is 324 g/mol. The number of para-hydroxylation sites is 1. The van der Waals surface area contributed by atoms with Crippen LogP contribution in [0.3, 0.4) is 0 Å². The Labute approximate surface area is 155 Å². The largest absolute Gasteiger partial charge is 0.469 e. The van der Waals surface area contributed by atoms with Gasteiger partial charge in [-0.1, -0.05) is 25.1 Å². The Morgan fingerprint density at radius 2 is 2.08 bits per heavy atom. The minimum atomic E-state index is -0.172. The number of fused-ring (bicyclic) bond motifs is 1. The number of likely N-dealkylation sites (N-methyl/N-ethyl adjacent to an activating group) is 1. The van der Waals surface area contributed by atoms with E-state index in [4.69, 9.17) is 4.74 Å². The van der Waals surface area contributed by atoms with Gasteiger partial charge in [0.15, 0.2) is 0 Å². The Balaban J connectivity index is 1.69. The molecule has 0 radical (unpaired) electrons. The fourth-order valence-corrected chi connectivity index (χ4v) is 9.19. The zero-order valence-electron chi connectivity index (χ0n) is 16.0. The fraction of sp³-hybridized carbons (Fsp3) is 0.682. The highest BCUT2D eigenvalue weighted by molar-refractivity contribution is 5.82. The molecule has 1 aromatic rings. The average molecular weight is 353 g/mol. The highest BCUT2D eigenvalue weighted by Gasteiger charge is 2.89. The molecule has 6 rings (SSSR count). The third kappa shape index (κ3) is 1.24. The summed E-state index contributed by atoms with van der Waals surface area (Å²) in [7, 11) is 4.06. The second-order valence-corrected chi connectivity index (χ2v) is 9.93. The number of esters is 1. The summed E-state index contributed by atoms with van der Waals surface area (Å²) in [5.74, 6) is 0.462. The Kier molecular flexibility index (Phi) is 2.56. The van der Waals surface area contributed by atoms with Crippen molar-refractivity contribution in [2.45, 2.75) is 49.6 Å². The van der Waals surface area contributed by atoms with E-state index in [-0.39, 0.29) is 28.3 Å². The summed E-state index contributed by atoms with van der Waals surface area (Å²) in [5, 5.41) is 3.99. The van der Waals surface area contributed by atoms with Crippen LogP contribution >= 0.6 is 0 Å². The third-order valence-electron chi connectivity index (χ3n) is 9.62. The number of rotatable bonds is 1. The number of hydrogen-bond acceptors (Lipinski definition) is 3. The van der Waals surface area contributed by atoms with Crippen LogP contribution < -0.4 is 5.32 Å². The van der Waals surface area contributed by atoms with Crippen molar-refractivity contribution in [3.8, 4) is 0 Å². The molecule has 3 aliphatic heterocycles. The topological polar surface area (TPSA) is 38.3 Å². The van der Waals surface area contributed by atoms with Crippen LogP contribution in [0.4, 0.5) is 5.69 Å². The first kappa shape index (κ1) is 15.5. The molecule has 2 bridgehead atoms. The van der Waals surface area contributed by atoms with E-state index in [1.54, 1.807) is 7.11 Å². The number of piperidine rings is 1. The Hall–Kier alpha value is -1.55. The summed E-state index contributed by atoms with van der Waals surface area (Å²) in [4.78, 5) is 13.0. The Bertz CT molecular complexity index is 839. The molecule has 7 atom stereocenters. The molecule has 0 amide bonds. The van der Waals surface area contributed by atoms with Gasteiger partial charge in [0.05, 0.1) is 44.1 Å². The molecule has 4 nitrogen and oxygen atoms in total. The lowest BCUT2D eigenvalue weighted by molar-refractivity contribution is -0.936. The molecule has 26 heavy (non-hydrogen) atoms. The standard InChI is InChI=1S/C22H29N2O2/c1-14-20-9-6-11-24(2)12-10-21(19(20)24)15-7-4-5-8-17(15)23-22(14,21)16(13-20)18(25)26-3/h4-5,7-8,14,16,19,23H,6,9-13H2,1-3H3/q+1/t14-,16+,19+,20+,21-,22+,24-/m1/s1. The molecule has 1 N–H and O–H groups in total. The van der Waals surface area contributed by atoms with Crippen LogP contribution in [-0.4, -0.2) is 49.3 Å². The van der Waals surface area contributed by atoms with E-state index >= 15 is 0 Å². The van der Waals surface area contributed by atoms with Crippen molar-refractivity contribution in [3.05, 3.63) is 29.8 Å². The predicted molar refractivity (Wildman–Crippen MR) is 99.8 cm³/mol. The quantitative estimate of drug-likeness (QED) is 0.623. The van der Waals surface area contributed by atoms with Crippen LogP contribution in [0.1, 0.15) is 38.2 Å². The van der Waals surface area contributed by atoms with Crippen molar-refractivity contribution in [2.24, 2.45) is 17.3 Å². The summed E-state index contributed by atoms with van der Waals surface area (Å²) in [5.41, 5.74) is 2.92. The molecule has 3 heterocycles. The number of nitrogens with zero attached hydrogens (tertiary/aromatic N) is 1. The molecule has 2 aliphatic carbocycles. The predicted octanol–water partition coefficient (Wildman–Crippen LogP) is 2.93. The smallest absolute Gasteiger partial charge is 0.311 e. The zero-order valence-corrected chi connectivity index (χ0v) is 16.0. The van der Waals surface area contributed by atoms with E-state index < -0.39 is 0 Å². The molecule has 4 heteroatoms. The summed E-state index contributed by atoms with van der Waals surface area (Å²) in [6.07, 6.45) is 4.76. The third-order valence-corrected chi connectivity index (χ3v) is 9.62. The maximum absolute atomic E-state index is 13.0. The number of ether oxygens (including phenoxy) is 1. The minimum absolute atomic E-state index is 0.00136. The van der Waals surface area contributed by atoms with E-state index in [9.17, 15) is 4.79 Å². The van der Waals surface area contributed by atoms with Crippen LogP contribution in [0.2, 0.25) is 0 Å². The van der Waals surface area contributed by atoms with Crippen molar-refractivity contribution in [1.29, 1.82) is 0 Å². The Morgan fingerprint density at radius 3 is 2.88 bits per heavy atom. The van der Waals surface area contributed by atoms with E-state index in [0.29, 0.717) is 12.0 Å². The highest BCUT2D eigenvalue weighted by atomic mass is 16.5. The van der Waals surface area contributed by atoms with Gasteiger partial charge in [0, 0.05) is 17.5 Å². The van der Waals surface area contributed by atoms with E-state index in [0.717, 1.165) is 6.42 Å². The van der Waals surface area contributed by atoms with Crippen LogP contribution in [0.25, 0.3) is 0 Å². The number of nitrogens with one attached hydrogen (secondary N) is 1. The van der Waals surface area contributed by atoms with Crippen molar-refractivity contribution >= 4 is 11.7 Å². The number of carbonyl (C=O) groups excluding carboxylic acids is 1. The fourth-order valence-electron chi connectivity index (χ4n) is 9.19. The molecular formula is C22H29N2O2+. The number of quaternary nitrogens is 1. The van der Waals surface area contributed by atoms with E-state index in [1.165, 1.54) is 48.1 Å². The van der Waals surface area contributed by atoms with Gasteiger partial charge in [-0.3, -0.25) is 4.79 Å². The number of benzene rings is 1. The van der Waals surface area contributed by atoms with Gasteiger partial charge in [0.1, 0.15) is 6.04 Å². The van der Waals surface area contributed by atoms with Gasteiger partial charge in [-0.25, -0.2) is 0 Å². The maximum atomic E-state index is 13.0. The van der Waals surface area contributed by atoms with Crippen molar-refractivity contribution in [3.63, 3.8) is 0 Å². The van der Waals surface area contributed by atoms with Crippen LogP contribution in [0.15, 0.2) is 24.3 Å². The lowest BCUT2D eigenvalue weighted by Gasteiger charge is -2.54. The monoisotopic (exact) mass is 353 g/mol. The molecule has 5 aliphatic rings. The normalized spacial score (nSPS) is 52.2. The summed E-state index contributed by atoms with van der Waals surface area (Å²) < 4.78 is 6.56. The van der Waals surface area contributed by atoms with Gasteiger partial charge >= 0.3 is 5.97 Å². The lowest BCUT2D eigenvalue weighted by atomic mass is 9.56. The molecule has 2 saturated heterocycles. The Morgan fingerprint density at radius 1 is 1.27 bits per heavy atom. The second-order valence-electron chi connectivity index (χ2n) is 9.93. The van der Waals surface area contributed by atoms with Crippen LogP contribution in [-0.2, 0) is 14.9 Å². The first-order chi connectivity index (χ1) is 12.5. The number of hydrogen-bond donors (Lipinski definition) is 1. The number of anilines is 1. The molecule has 0 unspecified atom stereocenters. The maximum Gasteiger partial charge on any atom is 0.311 e. The SMILES string of the molecule is COC(=O)[C@@H]1C[C@@]23CCC[N@+]4(C)CC[C@@]5(c6ccccc6N[C@@]15[C@@H]2C)[C@H]34. The summed E-state index contributed by atoms with van der Waals surface area (Å²) in [6, 6.07) is 9.52. The summed E-state index contributed by atoms with van der Waals surface area (Å²) >= 11 is 0. The lowest BCUT2D eigenvalue weighted by Crippen LogP contribution is -2.67. The van der Waals surface area contributed by atoms with Gasteiger partial charge in [-0.2, -0.15) is 0 Å². The van der Waals surface area contributed by atoms with Crippen molar-refractivity contribution in [1.82, 2.24) is 0 Å². The highest BCUT2D eigenvalue weighted by Crippen LogP contribution is 2.80. The summed E-state index contributed by atoms with van der Waals surface area (Å²) in [6.45, 7) is 4.98. The molecule has 4 fully saturated rings. The first-order valence-electron chi connectivity index (χ1n) is 10.3. The molecule has 1 aromatic carbocycles. The number of carbonyl (C=O) groups is 1. The second kappa shape index (κ2) is 4.30.